The second-order valence-corrected chi connectivity index (χ2v) is 6.08. The third kappa shape index (κ3) is 2.74. The number of rotatable bonds is 2. The van der Waals surface area contributed by atoms with Crippen LogP contribution in [0.3, 0.4) is 0 Å². The average molecular weight is 365 g/mol. The first kappa shape index (κ1) is 16.0. The highest BCUT2D eigenvalue weighted by molar-refractivity contribution is 6.32. The van der Waals surface area contributed by atoms with Crippen molar-refractivity contribution in [3.63, 3.8) is 0 Å². The molecule has 0 saturated heterocycles. The Morgan fingerprint density at radius 3 is 2.76 bits per heavy atom. The lowest BCUT2D eigenvalue weighted by Gasteiger charge is -2.12. The topological polar surface area (TPSA) is 42.7 Å². The lowest BCUT2D eigenvalue weighted by Crippen LogP contribution is -2.09. The summed E-state index contributed by atoms with van der Waals surface area (Å²) in [6.45, 7) is 0.691. The molecular formula is C17H12ClF3N4. The van der Waals surface area contributed by atoms with Crippen LogP contribution in [-0.2, 0) is 12.6 Å². The van der Waals surface area contributed by atoms with Gasteiger partial charge in [0.05, 0.1) is 22.0 Å². The van der Waals surface area contributed by atoms with Gasteiger partial charge >= 0.3 is 6.18 Å². The summed E-state index contributed by atoms with van der Waals surface area (Å²) < 4.78 is 40.6. The Morgan fingerprint density at radius 2 is 2.04 bits per heavy atom. The molecule has 3 aromatic rings. The molecule has 0 bridgehead atoms. The Balaban J connectivity index is 1.91. The first-order valence-electron chi connectivity index (χ1n) is 7.58. The molecule has 8 heteroatoms. The average Bonchev–Trinajstić information content (AvgIpc) is 3.17. The molecule has 1 aliphatic heterocycles. The van der Waals surface area contributed by atoms with Gasteiger partial charge in [0.15, 0.2) is 0 Å². The number of halogens is 4. The van der Waals surface area contributed by atoms with Gasteiger partial charge in [0.2, 0.25) is 0 Å². The van der Waals surface area contributed by atoms with E-state index in [4.69, 9.17) is 11.6 Å². The fourth-order valence-corrected chi connectivity index (χ4v) is 3.13. The summed E-state index contributed by atoms with van der Waals surface area (Å²) in [4.78, 5) is 4.09. The SMILES string of the molecule is FC(F)(F)c1ccc(Cl)c(-n2nc(-c3cccnc3)c3c2NCC3)c1. The van der Waals surface area contributed by atoms with E-state index < -0.39 is 11.7 Å². The van der Waals surface area contributed by atoms with Gasteiger partial charge in [0, 0.05) is 30.1 Å². The van der Waals surface area contributed by atoms with E-state index in [-0.39, 0.29) is 10.7 Å². The summed E-state index contributed by atoms with van der Waals surface area (Å²) in [6.07, 6.45) is -0.382. The van der Waals surface area contributed by atoms with Gasteiger partial charge in [-0.25, -0.2) is 4.68 Å². The van der Waals surface area contributed by atoms with Crippen molar-refractivity contribution in [2.75, 3.05) is 11.9 Å². The number of aromatic nitrogens is 3. The van der Waals surface area contributed by atoms with E-state index in [1.54, 1.807) is 18.5 Å². The number of anilines is 1. The number of hydrogen-bond donors (Lipinski definition) is 1. The molecule has 25 heavy (non-hydrogen) atoms. The van der Waals surface area contributed by atoms with Crippen molar-refractivity contribution in [3.8, 4) is 16.9 Å². The fourth-order valence-electron chi connectivity index (χ4n) is 2.94. The molecule has 1 N–H and O–H groups in total. The first-order chi connectivity index (χ1) is 11.9. The molecule has 0 spiro atoms. The third-order valence-corrected chi connectivity index (χ3v) is 4.41. The smallest absolute Gasteiger partial charge is 0.369 e. The summed E-state index contributed by atoms with van der Waals surface area (Å²) in [5, 5.41) is 7.90. The molecule has 1 aliphatic rings. The van der Waals surface area contributed by atoms with Gasteiger partial charge < -0.3 is 5.32 Å². The Kier molecular flexibility index (Phi) is 3.68. The van der Waals surface area contributed by atoms with Crippen molar-refractivity contribution in [1.29, 1.82) is 0 Å². The van der Waals surface area contributed by atoms with Crippen LogP contribution < -0.4 is 5.32 Å². The van der Waals surface area contributed by atoms with Crippen LogP contribution in [0.1, 0.15) is 11.1 Å². The van der Waals surface area contributed by atoms with Crippen molar-refractivity contribution in [2.24, 2.45) is 0 Å². The summed E-state index contributed by atoms with van der Waals surface area (Å²) in [7, 11) is 0. The zero-order valence-corrected chi connectivity index (χ0v) is 13.6. The number of benzene rings is 1. The van der Waals surface area contributed by atoms with E-state index >= 15 is 0 Å². The highest BCUT2D eigenvalue weighted by atomic mass is 35.5. The van der Waals surface area contributed by atoms with Crippen LogP contribution in [0.15, 0.2) is 42.7 Å². The van der Waals surface area contributed by atoms with Gasteiger partial charge in [0.1, 0.15) is 5.82 Å². The zero-order valence-electron chi connectivity index (χ0n) is 12.8. The lowest BCUT2D eigenvalue weighted by molar-refractivity contribution is -0.137. The molecule has 0 aliphatic carbocycles. The Labute approximate surface area is 146 Å². The molecule has 2 aromatic heterocycles. The maximum Gasteiger partial charge on any atom is 0.416 e. The van der Waals surface area contributed by atoms with Crippen LogP contribution in [0.2, 0.25) is 5.02 Å². The predicted octanol–water partition coefficient (Wildman–Crippen LogP) is 4.57. The van der Waals surface area contributed by atoms with E-state index in [1.807, 2.05) is 6.07 Å². The van der Waals surface area contributed by atoms with Gasteiger partial charge in [-0.2, -0.15) is 18.3 Å². The number of pyridine rings is 1. The molecule has 1 aromatic carbocycles. The van der Waals surface area contributed by atoms with Crippen LogP contribution >= 0.6 is 11.6 Å². The monoisotopic (exact) mass is 364 g/mol. The molecule has 4 rings (SSSR count). The molecule has 0 atom stereocenters. The van der Waals surface area contributed by atoms with Crippen LogP contribution in [0.4, 0.5) is 19.0 Å². The van der Waals surface area contributed by atoms with E-state index in [0.29, 0.717) is 18.1 Å². The van der Waals surface area contributed by atoms with E-state index in [2.05, 4.69) is 15.4 Å². The van der Waals surface area contributed by atoms with E-state index in [0.717, 1.165) is 29.7 Å². The van der Waals surface area contributed by atoms with Gasteiger partial charge in [-0.05, 0) is 36.8 Å². The minimum Gasteiger partial charge on any atom is -0.369 e. The highest BCUT2D eigenvalue weighted by Crippen LogP contribution is 2.38. The van der Waals surface area contributed by atoms with Crippen LogP contribution in [0, 0.1) is 0 Å². The van der Waals surface area contributed by atoms with Crippen LogP contribution in [0.25, 0.3) is 16.9 Å². The summed E-state index contributed by atoms with van der Waals surface area (Å²) in [6, 6.07) is 6.88. The fraction of sp³-hybridized carbons (Fsp3) is 0.176. The molecule has 3 heterocycles. The predicted molar refractivity (Wildman–Crippen MR) is 89.0 cm³/mol. The Morgan fingerprint density at radius 1 is 1.20 bits per heavy atom. The van der Waals surface area contributed by atoms with E-state index in [9.17, 15) is 13.2 Å². The molecule has 0 saturated carbocycles. The minimum absolute atomic E-state index is 0.192. The van der Waals surface area contributed by atoms with Gasteiger partial charge in [-0.3, -0.25) is 4.98 Å². The summed E-state index contributed by atoms with van der Waals surface area (Å²) in [5.74, 6) is 0.667. The number of nitrogens with one attached hydrogen (secondary N) is 1. The third-order valence-electron chi connectivity index (χ3n) is 4.09. The molecular weight excluding hydrogens is 353 g/mol. The second-order valence-electron chi connectivity index (χ2n) is 5.67. The summed E-state index contributed by atoms with van der Waals surface area (Å²) in [5.41, 5.74) is 1.88. The maximum atomic E-state index is 13.1. The minimum atomic E-state index is -4.45. The van der Waals surface area contributed by atoms with Crippen molar-refractivity contribution < 1.29 is 13.2 Å². The van der Waals surface area contributed by atoms with Gasteiger partial charge in [0.25, 0.3) is 0 Å². The second kappa shape index (κ2) is 5.77. The number of alkyl halides is 3. The van der Waals surface area contributed by atoms with Gasteiger partial charge in [-0.15, -0.1) is 0 Å². The van der Waals surface area contributed by atoms with Crippen molar-refractivity contribution in [3.05, 3.63) is 58.9 Å². The summed E-state index contributed by atoms with van der Waals surface area (Å²) >= 11 is 6.17. The lowest BCUT2D eigenvalue weighted by atomic mass is 10.1. The number of nitrogens with zero attached hydrogens (tertiary/aromatic N) is 3. The molecule has 0 amide bonds. The Hall–Kier alpha value is -2.54. The molecule has 0 fully saturated rings. The number of fused-ring (bicyclic) bond motifs is 1. The molecule has 128 valence electrons. The standard InChI is InChI=1S/C17H12ClF3N4/c18-13-4-3-11(17(19,20)21)8-14(13)25-16-12(5-7-23-16)15(24-25)10-2-1-6-22-9-10/h1-4,6,8-9,23H,5,7H2. The molecule has 4 nitrogen and oxygen atoms in total. The van der Waals surface area contributed by atoms with Crippen molar-refractivity contribution >= 4 is 17.4 Å². The first-order valence-corrected chi connectivity index (χ1v) is 7.96. The van der Waals surface area contributed by atoms with Crippen molar-refractivity contribution in [2.45, 2.75) is 12.6 Å². The zero-order chi connectivity index (χ0) is 17.6. The highest BCUT2D eigenvalue weighted by Gasteiger charge is 2.32. The normalized spacial score (nSPS) is 13.6. The molecule has 0 radical (unpaired) electrons. The van der Waals surface area contributed by atoms with Crippen LogP contribution in [0.5, 0.6) is 0 Å². The maximum absolute atomic E-state index is 13.1. The quantitative estimate of drug-likeness (QED) is 0.724. The largest absolute Gasteiger partial charge is 0.416 e. The molecule has 0 unspecified atom stereocenters. The van der Waals surface area contributed by atoms with Gasteiger partial charge in [-0.1, -0.05) is 11.6 Å². The number of hydrogen-bond acceptors (Lipinski definition) is 3. The van der Waals surface area contributed by atoms with Crippen molar-refractivity contribution in [1.82, 2.24) is 14.8 Å². The Bertz CT molecular complexity index is 935. The van der Waals surface area contributed by atoms with E-state index in [1.165, 1.54) is 10.7 Å². The van der Waals surface area contributed by atoms with Crippen LogP contribution in [-0.4, -0.2) is 21.3 Å².